The summed E-state index contributed by atoms with van der Waals surface area (Å²) in [6.45, 7) is 5.78. The first kappa shape index (κ1) is 19.8. The third-order valence-corrected chi connectivity index (χ3v) is 6.70. The Bertz CT molecular complexity index is 1150. The third kappa shape index (κ3) is 3.72. The molecule has 1 aliphatic rings. The number of hydrogen-bond donors (Lipinski definition) is 0. The molecule has 4 rings (SSSR count). The second-order valence-corrected chi connectivity index (χ2v) is 9.16. The number of rotatable bonds is 4. The Balaban J connectivity index is 1.69. The lowest BCUT2D eigenvalue weighted by molar-refractivity contribution is -0.132. The van der Waals surface area contributed by atoms with E-state index >= 15 is 0 Å². The van der Waals surface area contributed by atoms with Gasteiger partial charge in [0.25, 0.3) is 5.56 Å². The molecule has 0 unspecified atom stereocenters. The van der Waals surface area contributed by atoms with Gasteiger partial charge in [-0.1, -0.05) is 24.3 Å². The largest absolute Gasteiger partial charge is 0.336 e. The summed E-state index contributed by atoms with van der Waals surface area (Å²) in [6.07, 6.45) is 0.849. The van der Waals surface area contributed by atoms with Gasteiger partial charge in [-0.05, 0) is 51.1 Å². The lowest BCUT2D eigenvalue weighted by Gasteiger charge is -2.29. The van der Waals surface area contributed by atoms with Gasteiger partial charge in [0, 0.05) is 18.0 Å². The van der Waals surface area contributed by atoms with Gasteiger partial charge in [0.05, 0.1) is 11.9 Å². The van der Waals surface area contributed by atoms with Crippen LogP contribution < -0.4 is 5.56 Å². The molecule has 1 aromatic carbocycles. The van der Waals surface area contributed by atoms with E-state index < -0.39 is 0 Å². The molecule has 3 heterocycles. The van der Waals surface area contributed by atoms with Crippen molar-refractivity contribution in [1.29, 1.82) is 0 Å². The minimum atomic E-state index is -0.112. The Morgan fingerprint density at radius 1 is 1.21 bits per heavy atom. The molecule has 7 heteroatoms. The average Bonchev–Trinajstić information content (AvgIpc) is 2.97. The van der Waals surface area contributed by atoms with E-state index in [1.54, 1.807) is 15.9 Å². The maximum absolute atomic E-state index is 13.3. The second kappa shape index (κ2) is 7.72. The van der Waals surface area contributed by atoms with E-state index in [4.69, 9.17) is 4.98 Å². The van der Waals surface area contributed by atoms with E-state index in [0.29, 0.717) is 30.8 Å². The number of nitrogens with zero attached hydrogens (tertiary/aromatic N) is 4. The molecule has 0 aliphatic carbocycles. The normalized spacial score (nSPS) is 13.9. The number of thiophene rings is 1. The van der Waals surface area contributed by atoms with Crippen LogP contribution in [-0.2, 0) is 30.8 Å². The zero-order valence-electron chi connectivity index (χ0n) is 17.4. The molecule has 1 aliphatic heterocycles. The van der Waals surface area contributed by atoms with E-state index in [0.717, 1.165) is 21.7 Å². The molecule has 0 saturated heterocycles. The lowest BCUT2D eigenvalue weighted by atomic mass is 10.00. The predicted molar refractivity (Wildman–Crippen MR) is 116 cm³/mol. The monoisotopic (exact) mass is 410 g/mol. The van der Waals surface area contributed by atoms with E-state index in [9.17, 15) is 9.59 Å². The minimum Gasteiger partial charge on any atom is -0.336 e. The zero-order valence-corrected chi connectivity index (χ0v) is 18.2. The summed E-state index contributed by atoms with van der Waals surface area (Å²) in [5.74, 6) is 0.604. The molecular formula is C22H26N4O2S. The molecule has 152 valence electrons. The van der Waals surface area contributed by atoms with E-state index in [1.807, 2.05) is 49.9 Å². The Kier molecular flexibility index (Phi) is 5.27. The van der Waals surface area contributed by atoms with Crippen molar-refractivity contribution in [1.82, 2.24) is 19.4 Å². The number of carbonyl (C=O) groups excluding carboxylic acids is 1. The van der Waals surface area contributed by atoms with Gasteiger partial charge in [-0.2, -0.15) is 0 Å². The van der Waals surface area contributed by atoms with Gasteiger partial charge >= 0.3 is 0 Å². The minimum absolute atomic E-state index is 0.0292. The van der Waals surface area contributed by atoms with Gasteiger partial charge in [0.1, 0.15) is 17.2 Å². The average molecular weight is 411 g/mol. The Morgan fingerprint density at radius 3 is 2.66 bits per heavy atom. The van der Waals surface area contributed by atoms with Crippen molar-refractivity contribution in [3.8, 4) is 0 Å². The maximum Gasteiger partial charge on any atom is 0.263 e. The molecular weight excluding hydrogens is 384 g/mol. The van der Waals surface area contributed by atoms with Crippen LogP contribution in [0.4, 0.5) is 0 Å². The molecule has 0 N–H and O–H groups in total. The number of benzene rings is 1. The summed E-state index contributed by atoms with van der Waals surface area (Å²) < 4.78 is 1.57. The SMILES string of the molecule is Cc1sc2nc(CN(C)C)n(CC(=O)N3CCc4ccccc4C3)c(=O)c2c1C. The standard InChI is InChI=1S/C22H26N4O2S/c1-14-15(2)29-21-20(14)22(28)26(18(23-21)12-24(3)4)13-19(27)25-10-9-16-7-5-6-8-17(16)11-25/h5-8H,9-13H2,1-4H3. The second-order valence-electron chi connectivity index (χ2n) is 7.95. The fraction of sp³-hybridized carbons (Fsp3) is 0.409. The van der Waals surface area contributed by atoms with Crippen molar-refractivity contribution < 1.29 is 4.79 Å². The number of fused-ring (bicyclic) bond motifs is 2. The van der Waals surface area contributed by atoms with Crippen LogP contribution >= 0.6 is 11.3 Å². The highest BCUT2D eigenvalue weighted by Crippen LogP contribution is 2.26. The van der Waals surface area contributed by atoms with Gasteiger partial charge in [-0.25, -0.2) is 4.98 Å². The number of amides is 1. The molecule has 29 heavy (non-hydrogen) atoms. The van der Waals surface area contributed by atoms with Crippen molar-refractivity contribution in [3.63, 3.8) is 0 Å². The fourth-order valence-corrected chi connectivity index (χ4v) is 4.92. The maximum atomic E-state index is 13.3. The molecule has 0 saturated carbocycles. The van der Waals surface area contributed by atoms with Crippen LogP contribution in [0.5, 0.6) is 0 Å². The molecule has 0 bridgehead atoms. The number of aromatic nitrogens is 2. The topological polar surface area (TPSA) is 58.4 Å². The van der Waals surface area contributed by atoms with E-state index in [2.05, 4.69) is 12.1 Å². The van der Waals surface area contributed by atoms with Crippen LogP contribution in [0.15, 0.2) is 29.1 Å². The molecule has 0 spiro atoms. The van der Waals surface area contributed by atoms with Crippen molar-refractivity contribution >= 4 is 27.5 Å². The van der Waals surface area contributed by atoms with Crippen LogP contribution in [0.1, 0.15) is 27.4 Å². The van der Waals surface area contributed by atoms with Gasteiger partial charge < -0.3 is 9.80 Å². The smallest absolute Gasteiger partial charge is 0.263 e. The van der Waals surface area contributed by atoms with Gasteiger partial charge in [-0.15, -0.1) is 11.3 Å². The Labute approximate surface area is 174 Å². The lowest BCUT2D eigenvalue weighted by Crippen LogP contribution is -2.41. The first-order valence-corrected chi connectivity index (χ1v) is 10.7. The summed E-state index contributed by atoms with van der Waals surface area (Å²) in [7, 11) is 3.88. The molecule has 1 amide bonds. The highest BCUT2D eigenvalue weighted by Gasteiger charge is 2.23. The summed E-state index contributed by atoms with van der Waals surface area (Å²) in [4.78, 5) is 36.9. The summed E-state index contributed by atoms with van der Waals surface area (Å²) in [5, 5.41) is 0.645. The van der Waals surface area contributed by atoms with Crippen LogP contribution in [0, 0.1) is 13.8 Å². The summed E-state index contributed by atoms with van der Waals surface area (Å²) >= 11 is 1.54. The van der Waals surface area contributed by atoms with Gasteiger partial charge in [-0.3, -0.25) is 14.2 Å². The molecule has 6 nitrogen and oxygen atoms in total. The van der Waals surface area contributed by atoms with Crippen LogP contribution in [0.3, 0.4) is 0 Å². The highest BCUT2D eigenvalue weighted by atomic mass is 32.1. The molecule has 0 radical (unpaired) electrons. The van der Waals surface area contributed by atoms with Crippen LogP contribution in [0.2, 0.25) is 0 Å². The molecule has 0 fully saturated rings. The highest BCUT2D eigenvalue weighted by molar-refractivity contribution is 7.18. The number of hydrogen-bond acceptors (Lipinski definition) is 5. The van der Waals surface area contributed by atoms with Crippen LogP contribution in [-0.4, -0.2) is 45.9 Å². The predicted octanol–water partition coefficient (Wildman–Crippen LogP) is 2.72. The van der Waals surface area contributed by atoms with Crippen molar-refractivity contribution in [3.05, 3.63) is 62.0 Å². The van der Waals surface area contributed by atoms with E-state index in [-0.39, 0.29) is 18.0 Å². The molecule has 0 atom stereocenters. The fourth-order valence-electron chi connectivity index (χ4n) is 3.88. The van der Waals surface area contributed by atoms with Crippen molar-refractivity contribution in [2.45, 2.75) is 39.9 Å². The van der Waals surface area contributed by atoms with Gasteiger partial charge in [0.2, 0.25) is 5.91 Å². The number of aryl methyl sites for hydroxylation is 2. The molecule has 2 aromatic heterocycles. The number of carbonyl (C=O) groups is 1. The first-order valence-electron chi connectivity index (χ1n) is 9.84. The Hall–Kier alpha value is -2.51. The van der Waals surface area contributed by atoms with Crippen molar-refractivity contribution in [2.75, 3.05) is 20.6 Å². The third-order valence-electron chi connectivity index (χ3n) is 5.60. The summed E-state index contributed by atoms with van der Waals surface area (Å²) in [6, 6.07) is 8.24. The molecule has 3 aromatic rings. The zero-order chi connectivity index (χ0) is 20.7. The Morgan fingerprint density at radius 2 is 1.93 bits per heavy atom. The van der Waals surface area contributed by atoms with Crippen LogP contribution in [0.25, 0.3) is 10.2 Å². The van der Waals surface area contributed by atoms with E-state index in [1.165, 1.54) is 11.1 Å². The van der Waals surface area contributed by atoms with Gasteiger partial charge in [0.15, 0.2) is 0 Å². The first-order chi connectivity index (χ1) is 13.8. The van der Waals surface area contributed by atoms with Crippen molar-refractivity contribution in [2.24, 2.45) is 0 Å². The summed E-state index contributed by atoms with van der Waals surface area (Å²) in [5.41, 5.74) is 3.34. The quantitative estimate of drug-likeness (QED) is 0.664.